The Morgan fingerprint density at radius 1 is 1.08 bits per heavy atom. The first kappa shape index (κ1) is 24.2. The summed E-state index contributed by atoms with van der Waals surface area (Å²) in [5.74, 6) is -2.52. The fourth-order valence-corrected chi connectivity index (χ4v) is 4.51. The van der Waals surface area contributed by atoms with Gasteiger partial charge in [0.05, 0.1) is 11.3 Å². The quantitative estimate of drug-likeness (QED) is 0.399. The van der Waals surface area contributed by atoms with Gasteiger partial charge in [-0.1, -0.05) is 36.4 Å². The lowest BCUT2D eigenvalue weighted by atomic mass is 9.95. The Labute approximate surface area is 208 Å². The zero-order valence-corrected chi connectivity index (χ0v) is 19.2. The maximum atomic E-state index is 12.9. The summed E-state index contributed by atoms with van der Waals surface area (Å²) in [7, 11) is 0. The molecule has 188 valence electrons. The summed E-state index contributed by atoms with van der Waals surface area (Å²) in [4.78, 5) is 41.2. The average Bonchev–Trinajstić information content (AvgIpc) is 3.69. The Balaban J connectivity index is 1.61. The molecule has 5 rings (SSSR count). The lowest BCUT2D eigenvalue weighted by Crippen LogP contribution is -2.36. The number of rotatable bonds is 6. The summed E-state index contributed by atoms with van der Waals surface area (Å²) in [5, 5.41) is 11.2. The van der Waals surface area contributed by atoms with Crippen LogP contribution in [0.5, 0.6) is 0 Å². The van der Waals surface area contributed by atoms with Crippen molar-refractivity contribution in [3.63, 3.8) is 0 Å². The molecule has 0 aliphatic heterocycles. The number of benzene rings is 2. The van der Waals surface area contributed by atoms with E-state index in [4.69, 9.17) is 0 Å². The number of amides is 1. The van der Waals surface area contributed by atoms with Crippen LogP contribution in [0.1, 0.15) is 28.3 Å². The van der Waals surface area contributed by atoms with Crippen molar-refractivity contribution >= 4 is 22.9 Å². The van der Waals surface area contributed by atoms with Crippen LogP contribution in [0.4, 0.5) is 13.2 Å². The Bertz CT molecular complexity index is 1600. The summed E-state index contributed by atoms with van der Waals surface area (Å²) >= 11 is 0. The van der Waals surface area contributed by atoms with Gasteiger partial charge in [-0.3, -0.25) is 14.4 Å². The minimum atomic E-state index is -4.63. The molecule has 0 radical (unpaired) electrons. The number of nitrogens with zero attached hydrogens (tertiary/aromatic N) is 2. The van der Waals surface area contributed by atoms with Gasteiger partial charge in [0.2, 0.25) is 5.43 Å². The van der Waals surface area contributed by atoms with Gasteiger partial charge in [0.25, 0.3) is 5.91 Å². The van der Waals surface area contributed by atoms with Crippen molar-refractivity contribution in [2.24, 2.45) is 5.92 Å². The van der Waals surface area contributed by atoms with Crippen LogP contribution >= 0.6 is 0 Å². The fourth-order valence-electron chi connectivity index (χ4n) is 4.51. The smallest absolute Gasteiger partial charge is 0.405 e. The van der Waals surface area contributed by atoms with Gasteiger partial charge < -0.3 is 15.0 Å². The molecule has 1 fully saturated rings. The van der Waals surface area contributed by atoms with E-state index in [1.807, 2.05) is 30.3 Å². The number of aromatic nitrogens is 2. The lowest BCUT2D eigenvalue weighted by Gasteiger charge is -2.15. The van der Waals surface area contributed by atoms with E-state index in [0.717, 1.165) is 16.7 Å². The highest BCUT2D eigenvalue weighted by molar-refractivity contribution is 5.97. The molecule has 37 heavy (non-hydrogen) atoms. The standard InChI is InChI=1S/C27H20F3N3O4/c28-27(29,30)14-32-25(35)22-13-33(24-19(23(22)34)9-4-10-31-24)16-6-3-5-15(11-16)17-7-1-2-8-18(17)20-12-21(20)26(36)37/h1-11,13,20-21H,12,14H2,(H,32,35)(H,36,37). The Morgan fingerprint density at radius 2 is 1.86 bits per heavy atom. The van der Waals surface area contributed by atoms with Crippen molar-refractivity contribution in [1.82, 2.24) is 14.9 Å². The molecule has 0 bridgehead atoms. The van der Waals surface area contributed by atoms with Gasteiger partial charge in [0, 0.05) is 18.1 Å². The molecule has 4 aromatic rings. The van der Waals surface area contributed by atoms with Gasteiger partial charge in [-0.25, -0.2) is 4.98 Å². The maximum absolute atomic E-state index is 12.9. The lowest BCUT2D eigenvalue weighted by molar-refractivity contribution is -0.138. The topological polar surface area (TPSA) is 101 Å². The van der Waals surface area contributed by atoms with Crippen molar-refractivity contribution in [2.75, 3.05) is 6.54 Å². The van der Waals surface area contributed by atoms with E-state index in [1.165, 1.54) is 29.1 Å². The number of alkyl halides is 3. The summed E-state index contributed by atoms with van der Waals surface area (Å²) in [6, 6.07) is 17.6. The van der Waals surface area contributed by atoms with E-state index in [0.29, 0.717) is 12.1 Å². The molecular formula is C27H20F3N3O4. The van der Waals surface area contributed by atoms with Crippen LogP contribution in [0.3, 0.4) is 0 Å². The number of carboxylic acids is 1. The highest BCUT2D eigenvalue weighted by atomic mass is 19.4. The summed E-state index contributed by atoms with van der Waals surface area (Å²) in [6.07, 6.45) is -1.41. The average molecular weight is 507 g/mol. The van der Waals surface area contributed by atoms with E-state index in [1.54, 1.807) is 23.5 Å². The Hall–Kier alpha value is -4.47. The predicted molar refractivity (Wildman–Crippen MR) is 130 cm³/mol. The number of pyridine rings is 2. The highest BCUT2D eigenvalue weighted by Crippen LogP contribution is 2.50. The van der Waals surface area contributed by atoms with Crippen LogP contribution in [0.25, 0.3) is 27.8 Å². The van der Waals surface area contributed by atoms with Crippen molar-refractivity contribution in [2.45, 2.75) is 18.5 Å². The minimum Gasteiger partial charge on any atom is -0.481 e. The molecule has 2 heterocycles. The molecule has 7 nitrogen and oxygen atoms in total. The molecule has 2 N–H and O–H groups in total. The molecule has 10 heteroatoms. The van der Waals surface area contributed by atoms with Crippen molar-refractivity contribution in [3.05, 3.63) is 94.4 Å². The van der Waals surface area contributed by atoms with Crippen LogP contribution in [0.15, 0.2) is 77.9 Å². The highest BCUT2D eigenvalue weighted by Gasteiger charge is 2.45. The molecule has 1 saturated carbocycles. The molecular weight excluding hydrogens is 487 g/mol. The van der Waals surface area contributed by atoms with Gasteiger partial charge >= 0.3 is 12.1 Å². The molecule has 1 amide bonds. The van der Waals surface area contributed by atoms with Crippen LogP contribution < -0.4 is 10.7 Å². The van der Waals surface area contributed by atoms with Crippen molar-refractivity contribution < 1.29 is 27.9 Å². The first-order chi connectivity index (χ1) is 17.6. The van der Waals surface area contributed by atoms with Gasteiger partial charge in [-0.15, -0.1) is 0 Å². The third kappa shape index (κ3) is 4.82. The number of halogens is 3. The summed E-state index contributed by atoms with van der Waals surface area (Å²) < 4.78 is 39.5. The number of carbonyl (C=O) groups excluding carboxylic acids is 1. The number of nitrogens with one attached hydrogen (secondary N) is 1. The van der Waals surface area contributed by atoms with E-state index < -0.39 is 41.5 Å². The van der Waals surface area contributed by atoms with Crippen LogP contribution in [0, 0.1) is 5.92 Å². The third-order valence-electron chi connectivity index (χ3n) is 6.36. The summed E-state index contributed by atoms with van der Waals surface area (Å²) in [6.45, 7) is -1.57. The van der Waals surface area contributed by atoms with E-state index in [2.05, 4.69) is 4.98 Å². The fraction of sp³-hybridized carbons (Fsp3) is 0.185. The van der Waals surface area contributed by atoms with Crippen LogP contribution in [-0.2, 0) is 4.79 Å². The number of fused-ring (bicyclic) bond motifs is 1. The Morgan fingerprint density at radius 3 is 2.59 bits per heavy atom. The number of hydrogen-bond acceptors (Lipinski definition) is 4. The predicted octanol–water partition coefficient (Wildman–Crippen LogP) is 4.53. The first-order valence-electron chi connectivity index (χ1n) is 11.4. The van der Waals surface area contributed by atoms with E-state index in [9.17, 15) is 32.7 Å². The second-order valence-corrected chi connectivity index (χ2v) is 8.84. The minimum absolute atomic E-state index is 0.0789. The second kappa shape index (κ2) is 9.20. The van der Waals surface area contributed by atoms with Crippen molar-refractivity contribution in [3.8, 4) is 16.8 Å². The molecule has 0 saturated heterocycles. The zero-order valence-electron chi connectivity index (χ0n) is 19.2. The second-order valence-electron chi connectivity index (χ2n) is 8.84. The van der Waals surface area contributed by atoms with Gasteiger partial charge in [-0.05, 0) is 53.3 Å². The van der Waals surface area contributed by atoms with Gasteiger partial charge in [0.15, 0.2) is 0 Å². The molecule has 2 aromatic carbocycles. The molecule has 1 aliphatic rings. The van der Waals surface area contributed by atoms with Crippen LogP contribution in [0.2, 0.25) is 0 Å². The Kier molecular flexibility index (Phi) is 6.02. The van der Waals surface area contributed by atoms with E-state index >= 15 is 0 Å². The third-order valence-corrected chi connectivity index (χ3v) is 6.36. The van der Waals surface area contributed by atoms with Crippen LogP contribution in [-0.4, -0.2) is 39.3 Å². The largest absolute Gasteiger partial charge is 0.481 e. The SMILES string of the molecule is O=C(NCC(F)(F)F)c1cn(-c2cccc(-c3ccccc3C3CC3C(=O)O)c2)c2ncccc2c1=O. The summed E-state index contributed by atoms with van der Waals surface area (Å²) in [5.41, 5.74) is 2.11. The molecule has 2 aromatic heterocycles. The van der Waals surface area contributed by atoms with Gasteiger partial charge in [-0.2, -0.15) is 13.2 Å². The van der Waals surface area contributed by atoms with Gasteiger partial charge in [0.1, 0.15) is 17.8 Å². The number of hydrogen-bond donors (Lipinski definition) is 2. The molecule has 1 aliphatic carbocycles. The number of aliphatic carboxylic acids is 1. The van der Waals surface area contributed by atoms with Crippen molar-refractivity contribution in [1.29, 1.82) is 0 Å². The zero-order chi connectivity index (χ0) is 26.3. The normalized spacial score (nSPS) is 16.9. The molecule has 0 spiro atoms. The first-order valence-corrected chi connectivity index (χ1v) is 11.4. The number of carbonyl (C=O) groups is 2. The molecule has 2 unspecified atom stereocenters. The van der Waals surface area contributed by atoms with E-state index in [-0.39, 0.29) is 17.0 Å². The molecule has 2 atom stereocenters. The monoisotopic (exact) mass is 507 g/mol. The maximum Gasteiger partial charge on any atom is 0.405 e. The number of carboxylic acid groups (broad SMARTS) is 1.